The van der Waals surface area contributed by atoms with Gasteiger partial charge in [0.1, 0.15) is 5.69 Å². The van der Waals surface area contributed by atoms with Gasteiger partial charge in [0.15, 0.2) is 0 Å². The third-order valence-electron chi connectivity index (χ3n) is 8.15. The minimum absolute atomic E-state index is 0.00642. The Balaban J connectivity index is 1.10. The molecular weight excluding hydrogens is 436 g/mol. The molecule has 3 aromatic heterocycles. The van der Waals surface area contributed by atoms with Crippen molar-refractivity contribution in [2.45, 2.75) is 44.1 Å². The van der Waals surface area contributed by atoms with E-state index in [1.165, 1.54) is 19.3 Å². The quantitative estimate of drug-likeness (QED) is 0.364. The zero-order chi connectivity index (χ0) is 23.4. The van der Waals surface area contributed by atoms with Crippen LogP contribution in [0.15, 0.2) is 61.1 Å². The SMILES string of the molecule is O=C(NC12CC3CC(CC(C3)C1)C2)c1cc2cc(Nc3nccc(-c4cccnc4)n3)ccc2[nH]1. The number of rotatable bonds is 5. The van der Waals surface area contributed by atoms with Crippen LogP contribution in [0.2, 0.25) is 0 Å². The van der Waals surface area contributed by atoms with E-state index in [4.69, 9.17) is 0 Å². The molecule has 7 nitrogen and oxygen atoms in total. The molecule has 35 heavy (non-hydrogen) atoms. The molecule has 1 aromatic carbocycles. The highest BCUT2D eigenvalue weighted by molar-refractivity contribution is 5.99. The fourth-order valence-electron chi connectivity index (χ4n) is 7.13. The number of hydrogen-bond acceptors (Lipinski definition) is 5. The number of nitrogens with one attached hydrogen (secondary N) is 3. The monoisotopic (exact) mass is 464 g/mol. The Hall–Kier alpha value is -3.74. The molecule has 3 N–H and O–H groups in total. The number of aromatic amines is 1. The summed E-state index contributed by atoms with van der Waals surface area (Å²) in [4.78, 5) is 29.7. The number of hydrogen-bond donors (Lipinski definition) is 3. The number of anilines is 2. The minimum Gasteiger partial charge on any atom is -0.351 e. The van der Waals surface area contributed by atoms with E-state index in [1.54, 1.807) is 18.6 Å². The van der Waals surface area contributed by atoms with Crippen LogP contribution in [0.25, 0.3) is 22.2 Å². The molecule has 4 bridgehead atoms. The molecule has 0 atom stereocenters. The first-order valence-electron chi connectivity index (χ1n) is 12.6. The van der Waals surface area contributed by atoms with E-state index in [-0.39, 0.29) is 11.4 Å². The summed E-state index contributed by atoms with van der Waals surface area (Å²) in [6, 6.07) is 13.7. The number of aromatic nitrogens is 4. The molecule has 176 valence electrons. The lowest BCUT2D eigenvalue weighted by Crippen LogP contribution is -2.59. The molecule has 4 aliphatic rings. The highest BCUT2D eigenvalue weighted by Gasteiger charge is 2.51. The van der Waals surface area contributed by atoms with Crippen molar-refractivity contribution in [2.24, 2.45) is 17.8 Å². The average Bonchev–Trinajstić information content (AvgIpc) is 3.28. The Bertz CT molecular complexity index is 1380. The third kappa shape index (κ3) is 3.85. The Morgan fingerprint density at radius 3 is 2.51 bits per heavy atom. The van der Waals surface area contributed by atoms with Crippen molar-refractivity contribution in [3.63, 3.8) is 0 Å². The van der Waals surface area contributed by atoms with Gasteiger partial charge >= 0.3 is 0 Å². The summed E-state index contributed by atoms with van der Waals surface area (Å²) in [6.45, 7) is 0. The molecule has 4 aliphatic carbocycles. The van der Waals surface area contributed by atoms with E-state index in [2.05, 4.69) is 30.6 Å². The second kappa shape index (κ2) is 7.90. The Kier molecular flexibility index (Phi) is 4.65. The summed E-state index contributed by atoms with van der Waals surface area (Å²) in [6.07, 6.45) is 12.8. The molecule has 0 radical (unpaired) electrons. The van der Waals surface area contributed by atoms with E-state index in [1.807, 2.05) is 42.5 Å². The summed E-state index contributed by atoms with van der Waals surface area (Å²) < 4.78 is 0. The lowest BCUT2D eigenvalue weighted by atomic mass is 9.53. The van der Waals surface area contributed by atoms with Crippen LogP contribution < -0.4 is 10.6 Å². The molecule has 0 spiro atoms. The maximum atomic E-state index is 13.3. The van der Waals surface area contributed by atoms with Gasteiger partial charge in [-0.3, -0.25) is 9.78 Å². The maximum Gasteiger partial charge on any atom is 0.268 e. The normalized spacial score (nSPS) is 26.7. The van der Waals surface area contributed by atoms with Crippen LogP contribution in [-0.4, -0.2) is 31.4 Å². The highest BCUT2D eigenvalue weighted by Crippen LogP contribution is 2.55. The smallest absolute Gasteiger partial charge is 0.268 e. The molecule has 4 fully saturated rings. The van der Waals surface area contributed by atoms with Gasteiger partial charge in [-0.2, -0.15) is 0 Å². The van der Waals surface area contributed by atoms with Gasteiger partial charge in [0, 0.05) is 46.3 Å². The lowest BCUT2D eigenvalue weighted by molar-refractivity contribution is -0.0167. The highest BCUT2D eigenvalue weighted by atomic mass is 16.2. The first-order chi connectivity index (χ1) is 17.1. The van der Waals surface area contributed by atoms with E-state index >= 15 is 0 Å². The average molecular weight is 465 g/mol. The van der Waals surface area contributed by atoms with Crippen LogP contribution in [0.5, 0.6) is 0 Å². The van der Waals surface area contributed by atoms with Gasteiger partial charge in [0.2, 0.25) is 5.95 Å². The predicted molar refractivity (Wildman–Crippen MR) is 135 cm³/mol. The molecule has 0 unspecified atom stereocenters. The number of carbonyl (C=O) groups is 1. The van der Waals surface area contributed by atoms with E-state index in [0.717, 1.165) is 64.9 Å². The van der Waals surface area contributed by atoms with Crippen LogP contribution in [0.4, 0.5) is 11.6 Å². The topological polar surface area (TPSA) is 95.6 Å². The fraction of sp³-hybridized carbons (Fsp3) is 0.357. The summed E-state index contributed by atoms with van der Waals surface area (Å²) in [5.41, 5.74) is 4.19. The first kappa shape index (κ1) is 20.6. The van der Waals surface area contributed by atoms with Crippen molar-refractivity contribution < 1.29 is 4.79 Å². The van der Waals surface area contributed by atoms with Crippen molar-refractivity contribution in [3.8, 4) is 11.3 Å². The van der Waals surface area contributed by atoms with E-state index in [9.17, 15) is 4.79 Å². The number of carbonyl (C=O) groups excluding carboxylic acids is 1. The molecule has 0 saturated heterocycles. The van der Waals surface area contributed by atoms with Gasteiger partial charge in [-0.05, 0) is 98.7 Å². The fourth-order valence-corrected chi connectivity index (χ4v) is 7.13. The first-order valence-corrected chi connectivity index (χ1v) is 12.6. The van der Waals surface area contributed by atoms with E-state index < -0.39 is 0 Å². The standard InChI is InChI=1S/C28H28N6O/c35-26(34-28-13-17-8-18(14-28)10-19(9-17)15-28)25-12-21-11-22(3-4-23(21)32-25)31-27-30-7-5-24(33-27)20-2-1-6-29-16-20/h1-7,11-12,16-19,32H,8-10,13-15H2,(H,34,35)(H,30,31,33). The van der Waals surface area contributed by atoms with Crippen molar-refractivity contribution in [1.82, 2.24) is 25.3 Å². The molecular formula is C28H28N6O. The van der Waals surface area contributed by atoms with Crippen LogP contribution in [0.3, 0.4) is 0 Å². The molecule has 8 rings (SSSR count). The predicted octanol–water partition coefficient (Wildman–Crippen LogP) is 5.46. The largest absolute Gasteiger partial charge is 0.351 e. The maximum absolute atomic E-state index is 13.3. The molecule has 1 amide bonds. The molecule has 3 heterocycles. The summed E-state index contributed by atoms with van der Waals surface area (Å²) in [5.74, 6) is 2.94. The van der Waals surface area contributed by atoms with Gasteiger partial charge in [0.05, 0.1) is 5.69 Å². The van der Waals surface area contributed by atoms with Crippen molar-refractivity contribution in [1.29, 1.82) is 0 Å². The molecule has 7 heteroatoms. The van der Waals surface area contributed by atoms with Gasteiger partial charge in [0.25, 0.3) is 5.91 Å². The number of amides is 1. The number of nitrogens with zero attached hydrogens (tertiary/aromatic N) is 3. The Morgan fingerprint density at radius 2 is 1.77 bits per heavy atom. The lowest BCUT2D eigenvalue weighted by Gasteiger charge is -2.56. The van der Waals surface area contributed by atoms with Gasteiger partial charge in [-0.1, -0.05) is 0 Å². The Labute approximate surface area is 203 Å². The second-order valence-corrected chi connectivity index (χ2v) is 10.8. The van der Waals surface area contributed by atoms with Crippen LogP contribution >= 0.6 is 0 Å². The summed E-state index contributed by atoms with van der Waals surface area (Å²) in [5, 5.41) is 7.74. The van der Waals surface area contributed by atoms with Crippen molar-refractivity contribution in [2.75, 3.05) is 5.32 Å². The molecule has 4 aromatic rings. The van der Waals surface area contributed by atoms with Crippen LogP contribution in [0, 0.1) is 17.8 Å². The van der Waals surface area contributed by atoms with Crippen molar-refractivity contribution >= 4 is 28.4 Å². The van der Waals surface area contributed by atoms with Gasteiger partial charge < -0.3 is 15.6 Å². The van der Waals surface area contributed by atoms with Crippen LogP contribution in [-0.2, 0) is 0 Å². The Morgan fingerprint density at radius 1 is 0.971 bits per heavy atom. The zero-order valence-corrected chi connectivity index (χ0v) is 19.5. The number of benzene rings is 1. The molecule has 4 saturated carbocycles. The second-order valence-electron chi connectivity index (χ2n) is 10.8. The third-order valence-corrected chi connectivity index (χ3v) is 8.15. The summed E-state index contributed by atoms with van der Waals surface area (Å²) in [7, 11) is 0. The van der Waals surface area contributed by atoms with Crippen LogP contribution in [0.1, 0.15) is 49.0 Å². The number of pyridine rings is 1. The van der Waals surface area contributed by atoms with Crippen molar-refractivity contribution in [3.05, 3.63) is 66.7 Å². The number of H-pyrrole nitrogens is 1. The number of fused-ring (bicyclic) bond motifs is 1. The molecule has 0 aliphatic heterocycles. The van der Waals surface area contributed by atoms with Gasteiger partial charge in [-0.25, -0.2) is 9.97 Å². The van der Waals surface area contributed by atoms with E-state index in [0.29, 0.717) is 11.6 Å². The summed E-state index contributed by atoms with van der Waals surface area (Å²) >= 11 is 0. The van der Waals surface area contributed by atoms with Gasteiger partial charge in [-0.15, -0.1) is 0 Å². The minimum atomic E-state index is 0.00642. The zero-order valence-electron chi connectivity index (χ0n) is 19.5.